The Kier molecular flexibility index (Phi) is 5.41. The largest absolute Gasteiger partial charge is 0.395 e. The van der Waals surface area contributed by atoms with Crippen LogP contribution < -0.4 is 0 Å². The van der Waals surface area contributed by atoms with Crippen molar-refractivity contribution in [2.24, 2.45) is 0 Å². The third-order valence-corrected chi connectivity index (χ3v) is 3.98. The lowest BCUT2D eigenvalue weighted by Crippen LogP contribution is -2.39. The van der Waals surface area contributed by atoms with Crippen molar-refractivity contribution in [1.82, 2.24) is 4.90 Å². The molecule has 6 heteroatoms. The van der Waals surface area contributed by atoms with Gasteiger partial charge in [0.1, 0.15) is 0 Å². The van der Waals surface area contributed by atoms with E-state index < -0.39 is 4.92 Å². The van der Waals surface area contributed by atoms with Crippen LogP contribution in [0.3, 0.4) is 0 Å². The normalized spacial score (nSPS) is 15.5. The average Bonchev–Trinajstić information content (AvgIpc) is 3.01. The Labute approximate surface area is 123 Å². The Balaban J connectivity index is 2.02. The van der Waals surface area contributed by atoms with E-state index in [0.29, 0.717) is 18.2 Å². The summed E-state index contributed by atoms with van der Waals surface area (Å²) in [5, 5.41) is 19.8. The topological polar surface area (TPSA) is 83.7 Å². The van der Waals surface area contributed by atoms with Gasteiger partial charge in [0, 0.05) is 30.3 Å². The molecule has 1 N–H and O–H groups in total. The van der Waals surface area contributed by atoms with Crippen molar-refractivity contribution in [1.29, 1.82) is 0 Å². The van der Waals surface area contributed by atoms with Gasteiger partial charge >= 0.3 is 0 Å². The lowest BCUT2D eigenvalue weighted by Gasteiger charge is -2.27. The summed E-state index contributed by atoms with van der Waals surface area (Å²) in [6.07, 6.45) is 4.46. The molecule has 0 unspecified atom stereocenters. The summed E-state index contributed by atoms with van der Waals surface area (Å²) < 4.78 is 0. The summed E-state index contributed by atoms with van der Waals surface area (Å²) in [7, 11) is 0. The Morgan fingerprint density at radius 2 is 1.90 bits per heavy atom. The molecule has 1 saturated carbocycles. The van der Waals surface area contributed by atoms with Gasteiger partial charge in [-0.15, -0.1) is 0 Å². The van der Waals surface area contributed by atoms with E-state index in [-0.39, 0.29) is 24.6 Å². The standard InChI is InChI=1S/C15H20N2O4/c18-10-9-16(13-3-1-2-4-13)11-15(19)12-5-7-14(8-6-12)17(20)21/h5-8,13,18H,1-4,9-11H2. The zero-order valence-electron chi connectivity index (χ0n) is 11.9. The minimum absolute atomic E-state index is 0.0189. The highest BCUT2D eigenvalue weighted by atomic mass is 16.6. The summed E-state index contributed by atoms with van der Waals surface area (Å²) >= 11 is 0. The fourth-order valence-electron chi connectivity index (χ4n) is 2.83. The summed E-state index contributed by atoms with van der Waals surface area (Å²) in [4.78, 5) is 24.4. The average molecular weight is 292 g/mol. The van der Waals surface area contributed by atoms with Crippen LogP contribution in [0.5, 0.6) is 0 Å². The molecule has 114 valence electrons. The maximum absolute atomic E-state index is 12.3. The van der Waals surface area contributed by atoms with E-state index >= 15 is 0 Å². The molecule has 0 aromatic heterocycles. The fourth-order valence-corrected chi connectivity index (χ4v) is 2.83. The molecule has 1 aliphatic rings. The number of aliphatic hydroxyl groups is 1. The first-order valence-electron chi connectivity index (χ1n) is 7.24. The molecule has 1 aromatic rings. The maximum Gasteiger partial charge on any atom is 0.269 e. The molecule has 0 heterocycles. The van der Waals surface area contributed by atoms with Gasteiger partial charge in [-0.3, -0.25) is 19.8 Å². The number of hydrogen-bond acceptors (Lipinski definition) is 5. The SMILES string of the molecule is O=C(CN(CCO)C1CCCC1)c1ccc([N+](=O)[O-])cc1. The summed E-state index contributed by atoms with van der Waals surface area (Å²) in [6.45, 7) is 0.774. The van der Waals surface area contributed by atoms with E-state index in [4.69, 9.17) is 5.11 Å². The predicted octanol–water partition coefficient (Wildman–Crippen LogP) is 2.01. The zero-order valence-corrected chi connectivity index (χ0v) is 11.9. The number of ketones is 1. The first kappa shape index (κ1) is 15.6. The lowest BCUT2D eigenvalue weighted by atomic mass is 10.1. The van der Waals surface area contributed by atoms with Crippen molar-refractivity contribution in [3.63, 3.8) is 0 Å². The first-order chi connectivity index (χ1) is 10.1. The molecular formula is C15H20N2O4. The van der Waals surface area contributed by atoms with E-state index in [0.717, 1.165) is 25.7 Å². The molecule has 0 spiro atoms. The van der Waals surface area contributed by atoms with Gasteiger partial charge < -0.3 is 5.11 Å². The Hall–Kier alpha value is -1.79. The predicted molar refractivity (Wildman–Crippen MR) is 78.3 cm³/mol. The van der Waals surface area contributed by atoms with Crippen LogP contribution in [-0.2, 0) is 0 Å². The summed E-state index contributed by atoms with van der Waals surface area (Å²) in [5.41, 5.74) is 0.455. The molecule has 0 amide bonds. The second-order valence-corrected chi connectivity index (χ2v) is 5.36. The summed E-state index contributed by atoms with van der Waals surface area (Å²) in [6, 6.07) is 6.04. The fraction of sp³-hybridized carbons (Fsp3) is 0.533. The smallest absolute Gasteiger partial charge is 0.269 e. The van der Waals surface area contributed by atoms with Gasteiger partial charge in [0.05, 0.1) is 18.1 Å². The van der Waals surface area contributed by atoms with E-state index in [9.17, 15) is 14.9 Å². The van der Waals surface area contributed by atoms with Crippen LogP contribution in [0, 0.1) is 10.1 Å². The number of Topliss-reactive ketones (excluding diaryl/α,β-unsaturated/α-hetero) is 1. The van der Waals surface area contributed by atoms with Crippen LogP contribution in [-0.4, -0.2) is 46.5 Å². The number of hydrogen-bond donors (Lipinski definition) is 1. The number of rotatable bonds is 7. The van der Waals surface area contributed by atoms with Crippen molar-refractivity contribution >= 4 is 11.5 Å². The van der Waals surface area contributed by atoms with Crippen LogP contribution in [0.2, 0.25) is 0 Å². The molecule has 0 aliphatic heterocycles. The van der Waals surface area contributed by atoms with Gasteiger partial charge in [-0.05, 0) is 25.0 Å². The highest BCUT2D eigenvalue weighted by Gasteiger charge is 2.24. The van der Waals surface area contributed by atoms with Crippen molar-refractivity contribution in [2.45, 2.75) is 31.7 Å². The first-order valence-corrected chi connectivity index (χ1v) is 7.24. The molecule has 2 rings (SSSR count). The maximum atomic E-state index is 12.3. The number of non-ortho nitro benzene ring substituents is 1. The van der Waals surface area contributed by atoms with E-state index in [1.807, 2.05) is 4.90 Å². The number of benzene rings is 1. The van der Waals surface area contributed by atoms with Crippen molar-refractivity contribution in [3.8, 4) is 0 Å². The number of nitro groups is 1. The minimum atomic E-state index is -0.481. The molecule has 6 nitrogen and oxygen atoms in total. The van der Waals surface area contributed by atoms with Crippen LogP contribution in [0.4, 0.5) is 5.69 Å². The molecule has 0 bridgehead atoms. The van der Waals surface area contributed by atoms with Crippen molar-refractivity contribution in [3.05, 3.63) is 39.9 Å². The number of carbonyl (C=O) groups is 1. The van der Waals surface area contributed by atoms with Crippen LogP contribution in [0.1, 0.15) is 36.0 Å². The molecule has 0 radical (unpaired) electrons. The van der Waals surface area contributed by atoms with Gasteiger partial charge in [0.2, 0.25) is 0 Å². The monoisotopic (exact) mass is 292 g/mol. The Morgan fingerprint density at radius 1 is 1.29 bits per heavy atom. The second kappa shape index (κ2) is 7.28. The number of nitrogens with zero attached hydrogens (tertiary/aromatic N) is 2. The number of nitro benzene ring substituents is 1. The van der Waals surface area contributed by atoms with Gasteiger partial charge in [-0.1, -0.05) is 12.8 Å². The van der Waals surface area contributed by atoms with Crippen molar-refractivity contribution < 1.29 is 14.8 Å². The molecule has 1 aromatic carbocycles. The van der Waals surface area contributed by atoms with E-state index in [1.165, 1.54) is 24.3 Å². The molecule has 1 aliphatic carbocycles. The summed E-state index contributed by atoms with van der Waals surface area (Å²) in [5.74, 6) is -0.0646. The van der Waals surface area contributed by atoms with Gasteiger partial charge in [-0.25, -0.2) is 0 Å². The Morgan fingerprint density at radius 3 is 2.43 bits per heavy atom. The third-order valence-electron chi connectivity index (χ3n) is 3.98. The minimum Gasteiger partial charge on any atom is -0.395 e. The van der Waals surface area contributed by atoms with E-state index in [1.54, 1.807) is 0 Å². The molecule has 1 fully saturated rings. The van der Waals surface area contributed by atoms with Crippen molar-refractivity contribution in [2.75, 3.05) is 19.7 Å². The Bertz CT molecular complexity index is 495. The molecule has 21 heavy (non-hydrogen) atoms. The quantitative estimate of drug-likeness (QED) is 0.472. The highest BCUT2D eigenvalue weighted by Crippen LogP contribution is 2.23. The number of carbonyl (C=O) groups excluding carboxylic acids is 1. The molecule has 0 saturated heterocycles. The highest BCUT2D eigenvalue weighted by molar-refractivity contribution is 5.97. The lowest BCUT2D eigenvalue weighted by molar-refractivity contribution is -0.384. The van der Waals surface area contributed by atoms with Crippen LogP contribution >= 0.6 is 0 Å². The third kappa shape index (κ3) is 4.09. The van der Waals surface area contributed by atoms with Crippen LogP contribution in [0.25, 0.3) is 0 Å². The van der Waals surface area contributed by atoms with E-state index in [2.05, 4.69) is 0 Å². The zero-order chi connectivity index (χ0) is 15.2. The van der Waals surface area contributed by atoms with Crippen LogP contribution in [0.15, 0.2) is 24.3 Å². The van der Waals surface area contributed by atoms with Gasteiger partial charge in [0.15, 0.2) is 5.78 Å². The molecular weight excluding hydrogens is 272 g/mol. The van der Waals surface area contributed by atoms with Gasteiger partial charge in [-0.2, -0.15) is 0 Å². The molecule has 0 atom stereocenters. The number of aliphatic hydroxyl groups excluding tert-OH is 1. The second-order valence-electron chi connectivity index (χ2n) is 5.36. The van der Waals surface area contributed by atoms with Gasteiger partial charge in [0.25, 0.3) is 5.69 Å².